The quantitative estimate of drug-likeness (QED) is 0.601. The lowest BCUT2D eigenvalue weighted by Gasteiger charge is -2.15. The molecule has 6 nitrogen and oxygen atoms in total. The minimum absolute atomic E-state index is 0.102. The van der Waals surface area contributed by atoms with Gasteiger partial charge in [-0.1, -0.05) is 6.07 Å². The van der Waals surface area contributed by atoms with Crippen LogP contribution in [0, 0.1) is 0 Å². The molecule has 0 aliphatic carbocycles. The fourth-order valence-electron chi connectivity index (χ4n) is 1.21. The number of methoxy groups -OCH3 is 1. The van der Waals surface area contributed by atoms with Crippen LogP contribution in [-0.2, 0) is 14.3 Å². The van der Waals surface area contributed by atoms with Gasteiger partial charge >= 0.3 is 5.97 Å². The molecule has 0 unspecified atom stereocenters. The van der Waals surface area contributed by atoms with Crippen LogP contribution < -0.4 is 10.5 Å². The Bertz CT molecular complexity index is 434. The Morgan fingerprint density at radius 1 is 1.39 bits per heavy atom. The standard InChI is InChI=1S/C12H16N2O4/c1-14(7-12(16)17-2)11(15)8-18-10-5-3-4-9(13)6-10/h3-6H,7-8,13H2,1-2H3. The van der Waals surface area contributed by atoms with E-state index in [-0.39, 0.29) is 19.1 Å². The van der Waals surface area contributed by atoms with Gasteiger partial charge in [-0.3, -0.25) is 9.59 Å². The highest BCUT2D eigenvalue weighted by molar-refractivity contribution is 5.82. The first-order chi connectivity index (χ1) is 8.52. The smallest absolute Gasteiger partial charge is 0.325 e. The second-order valence-electron chi connectivity index (χ2n) is 3.69. The van der Waals surface area contributed by atoms with E-state index in [9.17, 15) is 9.59 Å². The van der Waals surface area contributed by atoms with Crippen LogP contribution in [0.5, 0.6) is 5.75 Å². The van der Waals surface area contributed by atoms with Crippen molar-refractivity contribution in [1.82, 2.24) is 4.90 Å². The maximum absolute atomic E-state index is 11.6. The molecule has 0 saturated heterocycles. The van der Waals surface area contributed by atoms with Crippen LogP contribution in [0.2, 0.25) is 0 Å². The van der Waals surface area contributed by atoms with Crippen LogP contribution in [0.4, 0.5) is 5.69 Å². The first kappa shape index (κ1) is 13.8. The van der Waals surface area contributed by atoms with Crippen LogP contribution in [0.15, 0.2) is 24.3 Å². The van der Waals surface area contributed by atoms with Crippen molar-refractivity contribution in [2.24, 2.45) is 0 Å². The van der Waals surface area contributed by atoms with Crippen molar-refractivity contribution in [3.63, 3.8) is 0 Å². The van der Waals surface area contributed by atoms with Gasteiger partial charge in [0.05, 0.1) is 7.11 Å². The SMILES string of the molecule is COC(=O)CN(C)C(=O)COc1cccc(N)c1. The predicted octanol–water partition coefficient (Wildman–Crippen LogP) is 0.279. The lowest BCUT2D eigenvalue weighted by molar-refractivity contribution is -0.146. The van der Waals surface area contributed by atoms with E-state index in [4.69, 9.17) is 10.5 Å². The Morgan fingerprint density at radius 3 is 2.72 bits per heavy atom. The molecule has 2 N–H and O–H groups in total. The highest BCUT2D eigenvalue weighted by atomic mass is 16.5. The van der Waals surface area contributed by atoms with Gasteiger partial charge < -0.3 is 20.1 Å². The summed E-state index contributed by atoms with van der Waals surface area (Å²) >= 11 is 0. The topological polar surface area (TPSA) is 81.9 Å². The number of amides is 1. The van der Waals surface area contributed by atoms with Crippen molar-refractivity contribution in [2.45, 2.75) is 0 Å². The number of hydrogen-bond acceptors (Lipinski definition) is 5. The van der Waals surface area contributed by atoms with E-state index in [1.165, 1.54) is 19.1 Å². The van der Waals surface area contributed by atoms with Crippen LogP contribution in [-0.4, -0.2) is 44.1 Å². The molecular weight excluding hydrogens is 236 g/mol. The van der Waals surface area contributed by atoms with Gasteiger partial charge in [-0.2, -0.15) is 0 Å². The molecule has 0 bridgehead atoms. The number of nitrogens with zero attached hydrogens (tertiary/aromatic N) is 1. The Labute approximate surface area is 105 Å². The third-order valence-electron chi connectivity index (χ3n) is 2.24. The molecule has 6 heteroatoms. The fraction of sp³-hybridized carbons (Fsp3) is 0.333. The molecular formula is C12H16N2O4. The number of rotatable bonds is 5. The molecule has 1 aromatic carbocycles. The van der Waals surface area contributed by atoms with E-state index < -0.39 is 5.97 Å². The van der Waals surface area contributed by atoms with Crippen LogP contribution >= 0.6 is 0 Å². The van der Waals surface area contributed by atoms with Crippen molar-refractivity contribution in [1.29, 1.82) is 0 Å². The Morgan fingerprint density at radius 2 is 2.11 bits per heavy atom. The van der Waals surface area contributed by atoms with E-state index in [1.54, 1.807) is 24.3 Å². The maximum Gasteiger partial charge on any atom is 0.325 e. The van der Waals surface area contributed by atoms with Gasteiger partial charge in [-0.15, -0.1) is 0 Å². The summed E-state index contributed by atoms with van der Waals surface area (Å²) < 4.78 is 9.72. The third kappa shape index (κ3) is 4.32. The van der Waals surface area contributed by atoms with Gasteiger partial charge in [0.1, 0.15) is 12.3 Å². The molecule has 1 aromatic rings. The van der Waals surface area contributed by atoms with Crippen molar-refractivity contribution >= 4 is 17.6 Å². The minimum Gasteiger partial charge on any atom is -0.484 e. The van der Waals surface area contributed by atoms with Gasteiger partial charge in [0.25, 0.3) is 5.91 Å². The summed E-state index contributed by atoms with van der Waals surface area (Å²) in [6.07, 6.45) is 0. The number of likely N-dealkylation sites (N-methyl/N-ethyl adjacent to an activating group) is 1. The highest BCUT2D eigenvalue weighted by Crippen LogP contribution is 2.14. The molecule has 0 heterocycles. The van der Waals surface area contributed by atoms with Crippen molar-refractivity contribution in [3.05, 3.63) is 24.3 Å². The molecule has 0 saturated carbocycles. The Balaban J connectivity index is 2.43. The lowest BCUT2D eigenvalue weighted by Crippen LogP contribution is -2.35. The van der Waals surface area contributed by atoms with E-state index in [0.29, 0.717) is 11.4 Å². The second kappa shape index (κ2) is 6.48. The molecule has 0 radical (unpaired) electrons. The number of nitrogen functional groups attached to an aromatic ring is 1. The molecule has 0 aliphatic heterocycles. The molecule has 18 heavy (non-hydrogen) atoms. The molecule has 0 fully saturated rings. The lowest BCUT2D eigenvalue weighted by atomic mass is 10.3. The number of anilines is 1. The van der Waals surface area contributed by atoms with Crippen LogP contribution in [0.3, 0.4) is 0 Å². The molecule has 1 rings (SSSR count). The normalized spacial score (nSPS) is 9.67. The second-order valence-corrected chi connectivity index (χ2v) is 3.69. The zero-order chi connectivity index (χ0) is 13.5. The summed E-state index contributed by atoms with van der Waals surface area (Å²) in [5, 5.41) is 0. The third-order valence-corrected chi connectivity index (χ3v) is 2.24. The van der Waals surface area contributed by atoms with Crippen LogP contribution in [0.1, 0.15) is 0 Å². The summed E-state index contributed by atoms with van der Waals surface area (Å²) in [5.74, 6) is -0.285. The van der Waals surface area contributed by atoms with E-state index in [1.807, 2.05) is 0 Å². The van der Waals surface area contributed by atoms with Crippen molar-refractivity contribution in [2.75, 3.05) is 33.0 Å². The van der Waals surface area contributed by atoms with Crippen molar-refractivity contribution < 1.29 is 19.1 Å². The largest absolute Gasteiger partial charge is 0.484 e. The monoisotopic (exact) mass is 252 g/mol. The Kier molecular flexibility index (Phi) is 4.98. The number of esters is 1. The zero-order valence-corrected chi connectivity index (χ0v) is 10.4. The number of benzene rings is 1. The summed E-state index contributed by atoms with van der Waals surface area (Å²) in [6.45, 7) is -0.257. The minimum atomic E-state index is -0.477. The van der Waals surface area contributed by atoms with E-state index >= 15 is 0 Å². The van der Waals surface area contributed by atoms with Crippen LogP contribution in [0.25, 0.3) is 0 Å². The number of nitrogens with two attached hydrogens (primary N) is 1. The first-order valence-corrected chi connectivity index (χ1v) is 5.32. The molecule has 0 atom stereocenters. The Hall–Kier alpha value is -2.24. The van der Waals surface area contributed by atoms with Gasteiger partial charge in [-0.25, -0.2) is 0 Å². The average molecular weight is 252 g/mol. The molecule has 0 aliphatic rings. The van der Waals surface area contributed by atoms with Crippen molar-refractivity contribution in [3.8, 4) is 5.75 Å². The number of carbonyl (C=O) groups is 2. The first-order valence-electron chi connectivity index (χ1n) is 5.32. The van der Waals surface area contributed by atoms with Gasteiger partial charge in [0.15, 0.2) is 6.61 Å². The predicted molar refractivity (Wildman–Crippen MR) is 66.0 cm³/mol. The number of hydrogen-bond donors (Lipinski definition) is 1. The summed E-state index contributed by atoms with van der Waals surface area (Å²) in [5.41, 5.74) is 6.13. The van der Waals surface area contributed by atoms with E-state index in [0.717, 1.165) is 0 Å². The maximum atomic E-state index is 11.6. The summed E-state index contributed by atoms with van der Waals surface area (Å²) in [6, 6.07) is 6.77. The molecule has 0 spiro atoms. The van der Waals surface area contributed by atoms with Gasteiger partial charge in [0.2, 0.25) is 0 Å². The van der Waals surface area contributed by atoms with Gasteiger partial charge in [-0.05, 0) is 12.1 Å². The summed E-state index contributed by atoms with van der Waals surface area (Å²) in [7, 11) is 2.77. The fourth-order valence-corrected chi connectivity index (χ4v) is 1.21. The number of ether oxygens (including phenoxy) is 2. The molecule has 1 amide bonds. The zero-order valence-electron chi connectivity index (χ0n) is 10.4. The van der Waals surface area contributed by atoms with Gasteiger partial charge in [0, 0.05) is 18.8 Å². The molecule has 98 valence electrons. The highest BCUT2D eigenvalue weighted by Gasteiger charge is 2.13. The average Bonchev–Trinajstić information content (AvgIpc) is 2.35. The number of carbonyl (C=O) groups excluding carboxylic acids is 2. The molecule has 0 aromatic heterocycles. The van der Waals surface area contributed by atoms with E-state index in [2.05, 4.69) is 4.74 Å². The summed E-state index contributed by atoms with van der Waals surface area (Å²) in [4.78, 5) is 23.8.